The molecule has 1 aromatic heterocycles. The van der Waals surface area contributed by atoms with Crippen molar-refractivity contribution in [1.82, 2.24) is 15.5 Å². The molecule has 2 aliphatic rings. The van der Waals surface area contributed by atoms with Gasteiger partial charge in [0.2, 0.25) is 24.2 Å². The summed E-state index contributed by atoms with van der Waals surface area (Å²) in [6.45, 7) is 26.4. The van der Waals surface area contributed by atoms with Crippen molar-refractivity contribution in [2.24, 2.45) is 21.7 Å². The fourth-order valence-corrected chi connectivity index (χ4v) is 8.40. The number of esters is 4. The number of nitrogens with zero attached hydrogens (tertiary/aromatic N) is 1. The van der Waals surface area contributed by atoms with Crippen molar-refractivity contribution in [1.29, 1.82) is 0 Å². The lowest BCUT2D eigenvalue weighted by atomic mass is 9.89. The highest BCUT2D eigenvalue weighted by molar-refractivity contribution is 5.79. The van der Waals surface area contributed by atoms with Crippen LogP contribution in [0.5, 0.6) is 17.4 Å². The van der Waals surface area contributed by atoms with Gasteiger partial charge in [-0.3, -0.25) is 33.9 Å². The summed E-state index contributed by atoms with van der Waals surface area (Å²) in [6, 6.07) is 14.9. The number of hydrogen-bond donors (Lipinski definition) is 3. The Morgan fingerprint density at radius 2 is 1.32 bits per heavy atom. The minimum Gasteiger partial charge on any atom is -0.493 e. The van der Waals surface area contributed by atoms with E-state index in [0.29, 0.717) is 61.7 Å². The van der Waals surface area contributed by atoms with Crippen molar-refractivity contribution in [3.8, 4) is 17.4 Å². The first-order valence-corrected chi connectivity index (χ1v) is 27.0. The molecule has 2 saturated heterocycles. The van der Waals surface area contributed by atoms with Crippen molar-refractivity contribution < 1.29 is 76.5 Å². The van der Waals surface area contributed by atoms with Gasteiger partial charge in [0.1, 0.15) is 30.3 Å². The lowest BCUT2D eigenvalue weighted by Crippen LogP contribution is -2.65. The molecule has 3 heterocycles. The molecule has 78 heavy (non-hydrogen) atoms. The van der Waals surface area contributed by atoms with Gasteiger partial charge < -0.3 is 53.1 Å². The predicted octanol–water partition coefficient (Wildman–Crippen LogP) is 9.00. The number of carboxylic acid groups (broad SMARTS) is 1. The normalized spacial score (nSPS) is 20.2. The molecule has 432 valence electrons. The van der Waals surface area contributed by atoms with Crippen molar-refractivity contribution in [2.45, 2.75) is 197 Å². The Kier molecular flexibility index (Phi) is 21.0. The van der Waals surface area contributed by atoms with Gasteiger partial charge in [-0.05, 0) is 126 Å². The zero-order chi connectivity index (χ0) is 58.0. The van der Waals surface area contributed by atoms with Gasteiger partial charge in [0.05, 0.1) is 53.4 Å². The number of carboxylic acids is 1. The summed E-state index contributed by atoms with van der Waals surface area (Å²) in [5.41, 5.74) is -2.23. The monoisotopic (exact) mass is 1090 g/mol. The second-order valence-electron chi connectivity index (χ2n) is 25.1. The van der Waals surface area contributed by atoms with E-state index in [-0.39, 0.29) is 49.7 Å². The van der Waals surface area contributed by atoms with Crippen LogP contribution in [0.2, 0.25) is 0 Å². The lowest BCUT2D eigenvalue weighted by Gasteiger charge is -2.45. The minimum absolute atomic E-state index is 0.0517. The standard InChI is InChI=1S/C59H85N3O16/c1-35(2)45-40(30-37-23-24-39(31-41(37)73-38-25-28-70-29-26-38)71-27-19-22-43(63)60-59(15,33-44(64)65)32-36-20-17-16-18-21-36)49(62-61-45)78-50-48(77-54(69)58(12,13)14)47(76-53(68)57(9,10)11)46(75-52(67)56(6,7)8)42(74-50)34-72-51(66)55(3,4)5/h16-18,20-21,23-24,31,35,38,42,46-48,50H,19,22,25-30,32-34H2,1-15H3,(H,60,63)(H,61,62)(H,64,65)/t42-,46-,47+,48-,50+,59?/m1/s1. The predicted molar refractivity (Wildman–Crippen MR) is 288 cm³/mol. The zero-order valence-corrected chi connectivity index (χ0v) is 48.5. The number of amides is 1. The van der Waals surface area contributed by atoms with E-state index in [1.807, 2.05) is 50.2 Å². The van der Waals surface area contributed by atoms with Crippen LogP contribution in [-0.4, -0.2) is 120 Å². The summed E-state index contributed by atoms with van der Waals surface area (Å²) in [6.07, 6.45) is -5.64. The van der Waals surface area contributed by atoms with Crippen molar-refractivity contribution in [3.63, 3.8) is 0 Å². The van der Waals surface area contributed by atoms with Gasteiger partial charge in [0.25, 0.3) is 0 Å². The molecule has 19 nitrogen and oxygen atoms in total. The van der Waals surface area contributed by atoms with Crippen molar-refractivity contribution in [3.05, 3.63) is 70.9 Å². The quantitative estimate of drug-likeness (QED) is 0.0482. The fraction of sp³-hybridized carbons (Fsp3) is 0.644. The van der Waals surface area contributed by atoms with Crippen LogP contribution in [0.15, 0.2) is 48.5 Å². The molecule has 6 atom stereocenters. The molecular weight excluding hydrogens is 1010 g/mol. The van der Waals surface area contributed by atoms with E-state index in [4.69, 9.17) is 42.6 Å². The Labute approximate surface area is 459 Å². The summed E-state index contributed by atoms with van der Waals surface area (Å²) in [5.74, 6) is -3.06. The maximum absolute atomic E-state index is 14.0. The van der Waals surface area contributed by atoms with Gasteiger partial charge in [-0.15, -0.1) is 5.10 Å². The fourth-order valence-electron chi connectivity index (χ4n) is 8.40. The number of hydrogen-bond acceptors (Lipinski definition) is 16. The van der Waals surface area contributed by atoms with E-state index < -0.39 is 94.4 Å². The third-order valence-electron chi connectivity index (χ3n) is 12.9. The molecule has 0 saturated carbocycles. The smallest absolute Gasteiger partial charge is 0.311 e. The average molecular weight is 1090 g/mol. The van der Waals surface area contributed by atoms with Gasteiger partial charge >= 0.3 is 29.8 Å². The first-order valence-electron chi connectivity index (χ1n) is 27.0. The Hall–Kier alpha value is -6.21. The Morgan fingerprint density at radius 1 is 0.744 bits per heavy atom. The zero-order valence-electron chi connectivity index (χ0n) is 48.5. The van der Waals surface area contributed by atoms with Crippen LogP contribution in [0.25, 0.3) is 0 Å². The van der Waals surface area contributed by atoms with Crippen LogP contribution in [0, 0.1) is 21.7 Å². The lowest BCUT2D eigenvalue weighted by molar-refractivity contribution is -0.294. The summed E-state index contributed by atoms with van der Waals surface area (Å²) >= 11 is 0. The highest BCUT2D eigenvalue weighted by Gasteiger charge is 2.56. The number of H-pyrrole nitrogens is 1. The maximum Gasteiger partial charge on any atom is 0.311 e. The number of aromatic amines is 1. The van der Waals surface area contributed by atoms with Gasteiger partial charge in [-0.2, -0.15) is 0 Å². The number of rotatable bonds is 22. The van der Waals surface area contributed by atoms with E-state index in [0.717, 1.165) is 11.1 Å². The number of benzene rings is 2. The third-order valence-corrected chi connectivity index (χ3v) is 12.9. The first kappa shape index (κ1) is 62.6. The molecule has 0 radical (unpaired) electrons. The van der Waals surface area contributed by atoms with Gasteiger partial charge in [0, 0.05) is 43.0 Å². The van der Waals surface area contributed by atoms with E-state index in [2.05, 4.69) is 15.5 Å². The molecule has 2 aromatic carbocycles. The molecule has 2 fully saturated rings. The summed E-state index contributed by atoms with van der Waals surface area (Å²) in [7, 11) is 0. The molecule has 3 aromatic rings. The summed E-state index contributed by atoms with van der Waals surface area (Å²) < 4.78 is 56.4. The largest absolute Gasteiger partial charge is 0.493 e. The molecule has 3 N–H and O–H groups in total. The number of nitrogens with one attached hydrogen (secondary N) is 2. The first-order chi connectivity index (χ1) is 36.2. The molecule has 0 spiro atoms. The number of aromatic nitrogens is 2. The van der Waals surface area contributed by atoms with Gasteiger partial charge in [0.15, 0.2) is 12.2 Å². The third kappa shape index (κ3) is 18.2. The van der Waals surface area contributed by atoms with Gasteiger partial charge in [-0.1, -0.05) is 50.2 Å². The molecular formula is C59H85N3O16. The molecule has 5 rings (SSSR count). The molecule has 19 heteroatoms. The van der Waals surface area contributed by atoms with E-state index in [9.17, 15) is 33.9 Å². The van der Waals surface area contributed by atoms with Crippen LogP contribution in [-0.2, 0) is 70.0 Å². The minimum atomic E-state index is -1.59. The topological polar surface area (TPSA) is 246 Å². The van der Waals surface area contributed by atoms with E-state index in [1.54, 1.807) is 102 Å². The van der Waals surface area contributed by atoms with E-state index >= 15 is 0 Å². The van der Waals surface area contributed by atoms with E-state index in [1.165, 1.54) is 0 Å². The van der Waals surface area contributed by atoms with Gasteiger partial charge in [-0.25, -0.2) is 0 Å². The number of ether oxygens (including phenoxy) is 9. The van der Waals surface area contributed by atoms with Crippen LogP contribution in [0.1, 0.15) is 164 Å². The van der Waals surface area contributed by atoms with Crippen LogP contribution >= 0.6 is 0 Å². The summed E-state index contributed by atoms with van der Waals surface area (Å²) in [5, 5.41) is 20.4. The highest BCUT2D eigenvalue weighted by atomic mass is 16.7. The summed E-state index contributed by atoms with van der Waals surface area (Å²) in [4.78, 5) is 80.1. The van der Waals surface area contributed by atoms with Crippen molar-refractivity contribution in [2.75, 3.05) is 26.4 Å². The highest BCUT2D eigenvalue weighted by Crippen LogP contribution is 2.39. The molecule has 1 amide bonds. The molecule has 2 aliphatic heterocycles. The Bertz CT molecular complexity index is 2530. The second kappa shape index (κ2) is 26.2. The Balaban J connectivity index is 1.50. The average Bonchev–Trinajstić information content (AvgIpc) is 3.73. The second-order valence-corrected chi connectivity index (χ2v) is 25.1. The van der Waals surface area contributed by atoms with Crippen LogP contribution < -0.4 is 19.5 Å². The number of carbonyl (C=O) groups is 6. The maximum atomic E-state index is 14.0. The SMILES string of the molecule is CC(C)c1[nH]nc(O[C@@H]2O[C@H](COC(=O)C(C)(C)C)[C@@H](OC(=O)C(C)(C)C)[C@H](OC(=O)C(C)(C)C)[C@H]2OC(=O)C(C)(C)C)c1Cc1ccc(OCCCC(=O)NC(C)(CC(=O)O)Cc2ccccc2)cc1OC1CCOCC1. The van der Waals surface area contributed by atoms with Crippen LogP contribution in [0.3, 0.4) is 0 Å². The number of carbonyl (C=O) groups excluding carboxylic acids is 5. The van der Waals surface area contributed by atoms with Crippen LogP contribution in [0.4, 0.5) is 0 Å². The Morgan fingerprint density at radius 3 is 1.88 bits per heavy atom. The molecule has 1 unspecified atom stereocenters. The van der Waals surface area contributed by atoms with Crippen molar-refractivity contribution >= 4 is 35.8 Å². The molecule has 0 aliphatic carbocycles. The number of aliphatic carboxylic acids is 1. The molecule has 0 bridgehead atoms.